The number of aliphatic hydroxyl groups is 6. The second kappa shape index (κ2) is 24.6. The summed E-state index contributed by atoms with van der Waals surface area (Å²) < 4.78 is 10.3. The van der Waals surface area contributed by atoms with E-state index in [2.05, 4.69) is 9.24 Å². The fourth-order valence-electron chi connectivity index (χ4n) is 2.26. The van der Waals surface area contributed by atoms with Gasteiger partial charge in [0.05, 0.1) is 38.3 Å². The second-order valence-corrected chi connectivity index (χ2v) is 14.2. The van der Waals surface area contributed by atoms with Gasteiger partial charge in [0.1, 0.15) is 0 Å². The van der Waals surface area contributed by atoms with Gasteiger partial charge in [-0.25, -0.2) is 0 Å². The molecule has 2 saturated heterocycles. The SMILES string of the molecule is C1CCOCC1.O=C([O-])CC[P+](CO)(CO)CO.OCP(CO)CO.PC1CCCCO1. The summed E-state index contributed by atoms with van der Waals surface area (Å²) in [6.45, 7) is 2.97. The van der Waals surface area contributed by atoms with Gasteiger partial charge in [-0.15, -0.1) is 9.24 Å². The number of hydrogen-bond acceptors (Lipinski definition) is 10. The maximum Gasteiger partial charge on any atom is 0.158 e. The first-order valence-electron chi connectivity index (χ1n) is 10.7. The molecule has 0 bridgehead atoms. The average molecular weight is 524 g/mol. The molecule has 0 saturated carbocycles. The van der Waals surface area contributed by atoms with Crippen LogP contribution in [0.1, 0.15) is 44.9 Å². The Morgan fingerprint density at radius 2 is 1.38 bits per heavy atom. The molecule has 32 heavy (non-hydrogen) atoms. The maximum absolute atomic E-state index is 10.1. The number of aliphatic carboxylic acids is 1. The molecule has 2 atom stereocenters. The predicted octanol–water partition coefficient (Wildman–Crippen LogP) is -0.114. The highest BCUT2D eigenvalue weighted by Crippen LogP contribution is 2.56. The van der Waals surface area contributed by atoms with E-state index in [4.69, 9.17) is 40.1 Å². The number of carboxylic acid groups (broad SMARTS) is 1. The van der Waals surface area contributed by atoms with Crippen LogP contribution in [-0.2, 0) is 14.3 Å². The lowest BCUT2D eigenvalue weighted by atomic mass is 10.2. The van der Waals surface area contributed by atoms with E-state index in [-0.39, 0.29) is 50.7 Å². The Morgan fingerprint density at radius 3 is 1.56 bits per heavy atom. The van der Waals surface area contributed by atoms with Crippen molar-refractivity contribution in [2.24, 2.45) is 0 Å². The van der Waals surface area contributed by atoms with Crippen LogP contribution in [-0.4, -0.2) is 107 Å². The largest absolute Gasteiger partial charge is 0.550 e. The highest BCUT2D eigenvalue weighted by molar-refractivity contribution is 7.75. The lowest BCUT2D eigenvalue weighted by Gasteiger charge is -2.19. The van der Waals surface area contributed by atoms with Gasteiger partial charge in [0.2, 0.25) is 0 Å². The molecule has 0 aliphatic carbocycles. The Labute approximate surface area is 195 Å². The molecule has 0 aromatic rings. The number of carbonyl (C=O) groups excluding carboxylic acids is 1. The van der Waals surface area contributed by atoms with Crippen molar-refractivity contribution in [2.45, 2.75) is 50.8 Å². The first-order chi connectivity index (χ1) is 15.3. The Morgan fingerprint density at radius 1 is 0.875 bits per heavy atom. The van der Waals surface area contributed by atoms with Crippen LogP contribution >= 0.6 is 24.4 Å². The summed E-state index contributed by atoms with van der Waals surface area (Å²) >= 11 is 0. The molecule has 6 N–H and O–H groups in total. The third-order valence-electron chi connectivity index (χ3n) is 4.58. The minimum absolute atomic E-state index is 0.0810. The van der Waals surface area contributed by atoms with Gasteiger partial charge < -0.3 is 50.0 Å². The van der Waals surface area contributed by atoms with Gasteiger partial charge in [-0.3, -0.25) is 0 Å². The van der Waals surface area contributed by atoms with E-state index in [1.165, 1.54) is 38.5 Å². The quantitative estimate of drug-likeness (QED) is 0.223. The van der Waals surface area contributed by atoms with Gasteiger partial charge in [0.25, 0.3) is 0 Å². The monoisotopic (exact) mass is 524 g/mol. The maximum atomic E-state index is 10.1. The van der Waals surface area contributed by atoms with Crippen LogP contribution in [0.2, 0.25) is 0 Å². The number of rotatable bonds is 9. The summed E-state index contributed by atoms with van der Waals surface area (Å²) in [6.07, 6.45) is 6.43. The predicted molar refractivity (Wildman–Crippen MR) is 129 cm³/mol. The lowest BCUT2D eigenvalue weighted by Crippen LogP contribution is -2.25. The van der Waals surface area contributed by atoms with Crippen LogP contribution in [0.3, 0.4) is 0 Å². The summed E-state index contributed by atoms with van der Waals surface area (Å²) in [6, 6.07) is 0. The number of hydrogen-bond donors (Lipinski definition) is 6. The van der Waals surface area contributed by atoms with E-state index in [0.717, 1.165) is 19.8 Å². The van der Waals surface area contributed by atoms with Crippen LogP contribution in [0, 0.1) is 0 Å². The Kier molecular flexibility index (Phi) is 26.6. The minimum atomic E-state index is -2.25. The molecule has 0 radical (unpaired) electrons. The zero-order valence-electron chi connectivity index (χ0n) is 18.9. The summed E-state index contributed by atoms with van der Waals surface area (Å²) in [7, 11) is -0.450. The van der Waals surface area contributed by atoms with Crippen molar-refractivity contribution < 1.29 is 50.0 Å². The average Bonchev–Trinajstić information content (AvgIpc) is 2.84. The molecule has 2 aliphatic heterocycles. The molecule has 2 unspecified atom stereocenters. The molecule has 0 spiro atoms. The zero-order valence-corrected chi connectivity index (χ0v) is 21.8. The van der Waals surface area contributed by atoms with Crippen molar-refractivity contribution in [3.63, 3.8) is 0 Å². The fraction of sp³-hybridized carbons (Fsp3) is 0.947. The van der Waals surface area contributed by atoms with E-state index in [1.54, 1.807) is 0 Å². The second-order valence-electron chi connectivity index (χ2n) is 7.28. The van der Waals surface area contributed by atoms with Gasteiger partial charge in [-0.1, -0.05) is 0 Å². The molecular formula is C19H43O10P3. The molecule has 0 amide bonds. The zero-order chi connectivity index (χ0) is 24.7. The highest BCUT2D eigenvalue weighted by Gasteiger charge is 2.34. The van der Waals surface area contributed by atoms with Gasteiger partial charge in [-0.05, 0) is 46.4 Å². The van der Waals surface area contributed by atoms with Crippen LogP contribution in [0.15, 0.2) is 0 Å². The molecule has 13 heteroatoms. The van der Waals surface area contributed by atoms with Crippen LogP contribution in [0.5, 0.6) is 0 Å². The summed E-state index contributed by atoms with van der Waals surface area (Å²) in [5.74, 6) is -0.775. The molecule has 2 rings (SSSR count). The molecule has 0 aromatic carbocycles. The van der Waals surface area contributed by atoms with E-state index in [1.807, 2.05) is 0 Å². The summed E-state index contributed by atoms with van der Waals surface area (Å²) in [4.78, 5) is 10.1. The van der Waals surface area contributed by atoms with Crippen molar-refractivity contribution in [3.8, 4) is 0 Å². The Balaban J connectivity index is 0. The third-order valence-corrected chi connectivity index (χ3v) is 9.28. The van der Waals surface area contributed by atoms with E-state index in [0.29, 0.717) is 5.85 Å². The number of ether oxygens (including phenoxy) is 2. The minimum Gasteiger partial charge on any atom is -0.550 e. The van der Waals surface area contributed by atoms with Crippen LogP contribution in [0.4, 0.5) is 0 Å². The molecular weight excluding hydrogens is 481 g/mol. The molecule has 2 heterocycles. The first-order valence-corrected chi connectivity index (χ1v) is 15.8. The van der Waals surface area contributed by atoms with Gasteiger partial charge in [0, 0.05) is 32.2 Å². The van der Waals surface area contributed by atoms with Crippen molar-refractivity contribution in [1.29, 1.82) is 0 Å². The normalized spacial score (nSPS) is 18.3. The molecule has 2 fully saturated rings. The number of carbonyl (C=O) groups is 1. The van der Waals surface area contributed by atoms with Crippen LogP contribution < -0.4 is 5.11 Å². The standard InChI is InChI=1S/C6H13O5P.C5H11OP.C5H10O.C3H9O3P/c7-3-12(4-8,5-9)2-1-6(10)11;7-5-3-1-2-4-6-5;1-2-4-6-5-3-1;4-1-7(2-5)3-6/h7-9H,1-5H2;5H,1-4,7H2;1-5H2;4-6H,1-3H2. The van der Waals surface area contributed by atoms with Crippen molar-refractivity contribution in [1.82, 2.24) is 0 Å². The Hall–Kier alpha value is 0.440. The van der Waals surface area contributed by atoms with Crippen LogP contribution in [0.25, 0.3) is 0 Å². The van der Waals surface area contributed by atoms with Gasteiger partial charge in [0.15, 0.2) is 19.0 Å². The smallest absolute Gasteiger partial charge is 0.158 e. The number of aliphatic hydroxyl groups excluding tert-OH is 6. The lowest BCUT2D eigenvalue weighted by molar-refractivity contribution is -0.305. The van der Waals surface area contributed by atoms with E-state index < -0.39 is 21.2 Å². The first kappa shape index (κ1) is 34.6. The molecule has 10 nitrogen and oxygen atoms in total. The summed E-state index contributed by atoms with van der Waals surface area (Å²) in [5, 5.41) is 61.2. The fourth-order valence-corrected chi connectivity index (χ4v) is 4.25. The van der Waals surface area contributed by atoms with E-state index in [9.17, 15) is 9.90 Å². The number of carboxylic acids is 1. The third kappa shape index (κ3) is 21.0. The van der Waals surface area contributed by atoms with E-state index >= 15 is 0 Å². The van der Waals surface area contributed by atoms with Crippen molar-refractivity contribution in [2.75, 3.05) is 64.1 Å². The van der Waals surface area contributed by atoms with Crippen molar-refractivity contribution >= 4 is 30.4 Å². The van der Waals surface area contributed by atoms with Gasteiger partial charge >= 0.3 is 0 Å². The summed E-state index contributed by atoms with van der Waals surface area (Å²) in [5.41, 5.74) is 0. The molecule has 2 aliphatic rings. The topological polar surface area (TPSA) is 180 Å². The molecule has 194 valence electrons. The highest BCUT2D eigenvalue weighted by atomic mass is 31.2. The van der Waals surface area contributed by atoms with Gasteiger partial charge in [-0.2, -0.15) is 0 Å². The Bertz CT molecular complexity index is 378. The molecule has 0 aromatic heterocycles. The van der Waals surface area contributed by atoms with Crippen molar-refractivity contribution in [3.05, 3.63) is 0 Å².